The van der Waals surface area contributed by atoms with Crippen molar-refractivity contribution in [3.8, 4) is 0 Å². The van der Waals surface area contributed by atoms with E-state index in [1.165, 1.54) is 0 Å². The predicted molar refractivity (Wildman–Crippen MR) is 72.4 cm³/mol. The zero-order chi connectivity index (χ0) is 12.1. The molecule has 18 heavy (non-hydrogen) atoms. The summed E-state index contributed by atoms with van der Waals surface area (Å²) in [7, 11) is 0. The van der Waals surface area contributed by atoms with Crippen molar-refractivity contribution >= 4 is 27.2 Å². The van der Waals surface area contributed by atoms with E-state index in [0.717, 1.165) is 16.3 Å². The molecule has 0 unspecified atom stereocenters. The number of para-hydroxylation sites is 1. The average Bonchev–Trinajstić information content (AvgIpc) is 2.79. The van der Waals surface area contributed by atoms with Gasteiger partial charge in [0.2, 0.25) is 0 Å². The number of rotatable bonds is 0. The molecule has 0 saturated carbocycles. The SMILES string of the molecule is Fc1c2ccccc2cn2c1cc1ccccc12. The third-order valence-corrected chi connectivity index (χ3v) is 3.44. The molecule has 0 atom stereocenters. The van der Waals surface area contributed by atoms with Gasteiger partial charge in [-0.3, -0.25) is 0 Å². The van der Waals surface area contributed by atoms with Gasteiger partial charge in [0.25, 0.3) is 0 Å². The highest BCUT2D eigenvalue weighted by atomic mass is 19.1. The van der Waals surface area contributed by atoms with Crippen LogP contribution in [-0.2, 0) is 0 Å². The maximum atomic E-state index is 14.5. The van der Waals surface area contributed by atoms with Crippen LogP contribution in [0.5, 0.6) is 0 Å². The number of fused-ring (bicyclic) bond motifs is 4. The zero-order valence-corrected chi connectivity index (χ0v) is 9.60. The van der Waals surface area contributed by atoms with Crippen molar-refractivity contribution < 1.29 is 4.39 Å². The van der Waals surface area contributed by atoms with Crippen molar-refractivity contribution in [1.29, 1.82) is 0 Å². The Labute approximate surface area is 103 Å². The first kappa shape index (κ1) is 9.66. The Balaban J connectivity index is 2.33. The van der Waals surface area contributed by atoms with E-state index in [2.05, 4.69) is 0 Å². The van der Waals surface area contributed by atoms with Crippen molar-refractivity contribution in [2.24, 2.45) is 0 Å². The number of pyridine rings is 1. The second kappa shape index (κ2) is 3.33. The molecule has 4 rings (SSSR count). The average molecular weight is 235 g/mol. The van der Waals surface area contributed by atoms with Crippen molar-refractivity contribution in [2.45, 2.75) is 0 Å². The van der Waals surface area contributed by atoms with Gasteiger partial charge in [0.1, 0.15) is 0 Å². The first-order valence-corrected chi connectivity index (χ1v) is 5.92. The minimum Gasteiger partial charge on any atom is -0.313 e. The lowest BCUT2D eigenvalue weighted by atomic mass is 10.1. The van der Waals surface area contributed by atoms with Crippen molar-refractivity contribution in [3.05, 3.63) is 66.6 Å². The van der Waals surface area contributed by atoms with Crippen LogP contribution in [0, 0.1) is 5.82 Å². The summed E-state index contributed by atoms with van der Waals surface area (Å²) >= 11 is 0. The molecule has 0 aliphatic heterocycles. The fourth-order valence-corrected chi connectivity index (χ4v) is 2.57. The summed E-state index contributed by atoms with van der Waals surface area (Å²) < 4.78 is 16.4. The first-order valence-electron chi connectivity index (χ1n) is 5.92. The summed E-state index contributed by atoms with van der Waals surface area (Å²) in [6, 6.07) is 17.4. The summed E-state index contributed by atoms with van der Waals surface area (Å²) in [5.41, 5.74) is 1.67. The monoisotopic (exact) mass is 235 g/mol. The Morgan fingerprint density at radius 3 is 2.39 bits per heavy atom. The van der Waals surface area contributed by atoms with E-state index in [4.69, 9.17) is 0 Å². The van der Waals surface area contributed by atoms with Crippen LogP contribution in [0.3, 0.4) is 0 Å². The Kier molecular flexibility index (Phi) is 1.78. The fraction of sp³-hybridized carbons (Fsp3) is 0. The van der Waals surface area contributed by atoms with Crippen LogP contribution in [0.2, 0.25) is 0 Å². The molecule has 2 heterocycles. The Hall–Kier alpha value is -2.35. The molecule has 0 radical (unpaired) electrons. The molecule has 0 amide bonds. The first-order chi connectivity index (χ1) is 8.84. The second-order valence-corrected chi connectivity index (χ2v) is 4.49. The maximum Gasteiger partial charge on any atom is 0.155 e. The molecule has 0 aliphatic rings. The lowest BCUT2D eigenvalue weighted by molar-refractivity contribution is 0.646. The van der Waals surface area contributed by atoms with Crippen LogP contribution < -0.4 is 0 Å². The summed E-state index contributed by atoms with van der Waals surface area (Å²) in [5.74, 6) is -0.149. The van der Waals surface area contributed by atoms with Crippen LogP contribution >= 0.6 is 0 Å². The van der Waals surface area contributed by atoms with Gasteiger partial charge in [0.15, 0.2) is 5.82 Å². The topological polar surface area (TPSA) is 4.41 Å². The molecule has 0 bridgehead atoms. The number of hydrogen-bond acceptors (Lipinski definition) is 0. The normalized spacial score (nSPS) is 11.6. The van der Waals surface area contributed by atoms with Crippen LogP contribution in [0.25, 0.3) is 27.2 Å². The van der Waals surface area contributed by atoms with Crippen molar-refractivity contribution in [1.82, 2.24) is 4.40 Å². The highest BCUT2D eigenvalue weighted by Gasteiger charge is 2.10. The van der Waals surface area contributed by atoms with Gasteiger partial charge in [0.05, 0.1) is 11.0 Å². The highest BCUT2D eigenvalue weighted by Crippen LogP contribution is 2.27. The predicted octanol–water partition coefficient (Wildman–Crippen LogP) is 4.38. The fourth-order valence-electron chi connectivity index (χ4n) is 2.57. The summed E-state index contributed by atoms with van der Waals surface area (Å²) in [4.78, 5) is 0. The molecule has 0 fully saturated rings. The van der Waals surface area contributed by atoms with Gasteiger partial charge in [-0.15, -0.1) is 0 Å². The minimum absolute atomic E-state index is 0.149. The molecule has 2 aromatic heterocycles. The standard InChI is InChI=1S/C16H10FN/c17-16-13-7-3-1-6-12(13)10-18-14-8-4-2-5-11(14)9-15(16)18/h1-10H. The molecule has 0 spiro atoms. The Morgan fingerprint density at radius 1 is 0.778 bits per heavy atom. The van der Waals surface area contributed by atoms with Crippen LogP contribution in [0.1, 0.15) is 0 Å². The molecule has 4 aromatic rings. The maximum absolute atomic E-state index is 14.5. The lowest BCUT2D eigenvalue weighted by Crippen LogP contribution is -1.89. The minimum atomic E-state index is -0.149. The molecule has 0 aliphatic carbocycles. The molecule has 2 heteroatoms. The largest absolute Gasteiger partial charge is 0.313 e. The van der Waals surface area contributed by atoms with Crippen LogP contribution in [0.15, 0.2) is 60.8 Å². The van der Waals surface area contributed by atoms with Crippen LogP contribution in [-0.4, -0.2) is 4.40 Å². The Bertz CT molecular complexity index is 889. The molecule has 0 N–H and O–H groups in total. The number of hydrogen-bond donors (Lipinski definition) is 0. The van der Waals surface area contributed by atoms with E-state index in [9.17, 15) is 4.39 Å². The van der Waals surface area contributed by atoms with Gasteiger partial charge in [-0.05, 0) is 12.1 Å². The molecule has 2 aromatic carbocycles. The number of halogens is 1. The lowest BCUT2D eigenvalue weighted by Gasteiger charge is -2.03. The van der Waals surface area contributed by atoms with Gasteiger partial charge in [-0.1, -0.05) is 42.5 Å². The van der Waals surface area contributed by atoms with Gasteiger partial charge in [-0.2, -0.15) is 0 Å². The molecule has 0 saturated heterocycles. The van der Waals surface area contributed by atoms with Gasteiger partial charge < -0.3 is 4.40 Å². The Morgan fingerprint density at radius 2 is 1.50 bits per heavy atom. The third-order valence-electron chi connectivity index (χ3n) is 3.44. The van der Waals surface area contributed by atoms with E-state index in [1.807, 2.05) is 65.2 Å². The number of aromatic nitrogens is 1. The smallest absolute Gasteiger partial charge is 0.155 e. The number of nitrogens with zero attached hydrogens (tertiary/aromatic N) is 1. The zero-order valence-electron chi connectivity index (χ0n) is 9.60. The van der Waals surface area contributed by atoms with Crippen molar-refractivity contribution in [2.75, 3.05) is 0 Å². The molecule has 86 valence electrons. The molecular formula is C16H10FN. The van der Waals surface area contributed by atoms with E-state index in [-0.39, 0.29) is 5.82 Å². The highest BCUT2D eigenvalue weighted by molar-refractivity contribution is 5.94. The summed E-state index contributed by atoms with van der Waals surface area (Å²) in [6.45, 7) is 0. The van der Waals surface area contributed by atoms with Gasteiger partial charge in [0, 0.05) is 22.4 Å². The van der Waals surface area contributed by atoms with E-state index >= 15 is 0 Å². The quantitative estimate of drug-likeness (QED) is 0.426. The van der Waals surface area contributed by atoms with E-state index in [0.29, 0.717) is 10.9 Å². The van der Waals surface area contributed by atoms with Gasteiger partial charge in [-0.25, -0.2) is 4.39 Å². The third kappa shape index (κ3) is 1.15. The van der Waals surface area contributed by atoms with Gasteiger partial charge >= 0.3 is 0 Å². The number of benzene rings is 2. The van der Waals surface area contributed by atoms with E-state index < -0.39 is 0 Å². The summed E-state index contributed by atoms with van der Waals surface area (Å²) in [5, 5.41) is 2.66. The molecular weight excluding hydrogens is 225 g/mol. The van der Waals surface area contributed by atoms with Crippen LogP contribution in [0.4, 0.5) is 4.39 Å². The summed E-state index contributed by atoms with van der Waals surface area (Å²) in [6.07, 6.45) is 2.00. The van der Waals surface area contributed by atoms with Crippen molar-refractivity contribution in [3.63, 3.8) is 0 Å². The van der Waals surface area contributed by atoms with E-state index in [1.54, 1.807) is 0 Å². The molecule has 1 nitrogen and oxygen atoms in total. The second-order valence-electron chi connectivity index (χ2n) is 4.49.